The SMILES string of the molecule is CC(=O)OCC1C[C@@H](OCc2ccccc2)C(=O)C(=O)C1O. The summed E-state index contributed by atoms with van der Waals surface area (Å²) in [5.74, 6) is -2.75. The molecule has 22 heavy (non-hydrogen) atoms. The second-order valence-electron chi connectivity index (χ2n) is 5.26. The zero-order valence-corrected chi connectivity index (χ0v) is 12.2. The van der Waals surface area contributed by atoms with Crippen molar-refractivity contribution in [1.82, 2.24) is 0 Å². The van der Waals surface area contributed by atoms with E-state index in [1.54, 1.807) is 0 Å². The molecule has 2 unspecified atom stereocenters. The Balaban J connectivity index is 1.98. The Morgan fingerprint density at radius 3 is 2.55 bits per heavy atom. The van der Waals surface area contributed by atoms with Crippen molar-refractivity contribution in [2.75, 3.05) is 6.61 Å². The lowest BCUT2D eigenvalue weighted by atomic mass is 9.83. The van der Waals surface area contributed by atoms with Crippen molar-refractivity contribution in [2.45, 2.75) is 32.2 Å². The number of rotatable bonds is 5. The van der Waals surface area contributed by atoms with Crippen molar-refractivity contribution in [3.63, 3.8) is 0 Å². The molecule has 0 spiro atoms. The van der Waals surface area contributed by atoms with Gasteiger partial charge in [0.05, 0.1) is 13.2 Å². The number of hydrogen-bond acceptors (Lipinski definition) is 6. The smallest absolute Gasteiger partial charge is 0.302 e. The molecule has 0 saturated heterocycles. The van der Waals surface area contributed by atoms with Crippen LogP contribution in [-0.2, 0) is 30.5 Å². The first-order valence-electron chi connectivity index (χ1n) is 7.04. The topological polar surface area (TPSA) is 89.9 Å². The monoisotopic (exact) mass is 306 g/mol. The average molecular weight is 306 g/mol. The molecule has 118 valence electrons. The molecule has 1 aromatic rings. The van der Waals surface area contributed by atoms with Crippen LogP contribution in [0.15, 0.2) is 30.3 Å². The highest BCUT2D eigenvalue weighted by Crippen LogP contribution is 2.24. The quantitative estimate of drug-likeness (QED) is 0.635. The number of esters is 1. The molecule has 0 aliphatic heterocycles. The van der Waals surface area contributed by atoms with Crippen molar-refractivity contribution < 1.29 is 29.0 Å². The highest BCUT2D eigenvalue weighted by Gasteiger charge is 2.43. The highest BCUT2D eigenvalue weighted by molar-refractivity contribution is 6.41. The molecule has 2 rings (SSSR count). The van der Waals surface area contributed by atoms with Crippen molar-refractivity contribution in [3.05, 3.63) is 35.9 Å². The molecule has 0 heterocycles. The lowest BCUT2D eigenvalue weighted by Gasteiger charge is -2.30. The molecular weight excluding hydrogens is 288 g/mol. The minimum Gasteiger partial charge on any atom is -0.465 e. The second-order valence-corrected chi connectivity index (χ2v) is 5.26. The molecule has 0 radical (unpaired) electrons. The van der Waals surface area contributed by atoms with E-state index in [0.29, 0.717) is 0 Å². The lowest BCUT2D eigenvalue weighted by molar-refractivity contribution is -0.161. The van der Waals surface area contributed by atoms with Crippen LogP contribution in [0.3, 0.4) is 0 Å². The Hall–Kier alpha value is -2.05. The summed E-state index contributed by atoms with van der Waals surface area (Å²) in [4.78, 5) is 34.5. The number of carbonyl (C=O) groups is 3. The van der Waals surface area contributed by atoms with Crippen molar-refractivity contribution >= 4 is 17.5 Å². The average Bonchev–Trinajstić information content (AvgIpc) is 2.52. The minimum atomic E-state index is -1.44. The maximum atomic E-state index is 11.9. The number of aliphatic hydroxyl groups excluding tert-OH is 1. The molecule has 1 saturated carbocycles. The number of aliphatic hydroxyl groups is 1. The van der Waals surface area contributed by atoms with Gasteiger partial charge in [-0.25, -0.2) is 0 Å². The third kappa shape index (κ3) is 3.99. The number of Topliss-reactive ketones (excluding diaryl/α,β-unsaturated/α-hetero) is 2. The van der Waals surface area contributed by atoms with E-state index in [9.17, 15) is 19.5 Å². The number of carbonyl (C=O) groups excluding carboxylic acids is 3. The van der Waals surface area contributed by atoms with E-state index in [2.05, 4.69) is 0 Å². The van der Waals surface area contributed by atoms with Gasteiger partial charge in [-0.05, 0) is 12.0 Å². The Labute approximate surface area is 128 Å². The normalized spacial score (nSPS) is 25.1. The predicted molar refractivity (Wildman–Crippen MR) is 75.8 cm³/mol. The molecule has 1 N–H and O–H groups in total. The van der Waals surface area contributed by atoms with Crippen LogP contribution in [-0.4, -0.2) is 41.5 Å². The van der Waals surface area contributed by atoms with Crippen LogP contribution in [0.1, 0.15) is 18.9 Å². The summed E-state index contributed by atoms with van der Waals surface area (Å²) < 4.78 is 10.3. The van der Waals surface area contributed by atoms with Crippen molar-refractivity contribution in [1.29, 1.82) is 0 Å². The van der Waals surface area contributed by atoms with Crippen LogP contribution < -0.4 is 0 Å². The van der Waals surface area contributed by atoms with Gasteiger partial charge in [0.2, 0.25) is 11.6 Å². The van der Waals surface area contributed by atoms with Crippen LogP contribution in [0.4, 0.5) is 0 Å². The predicted octanol–water partition coefficient (Wildman–Crippen LogP) is 0.654. The maximum Gasteiger partial charge on any atom is 0.302 e. The summed E-state index contributed by atoms with van der Waals surface area (Å²) in [5.41, 5.74) is 0.880. The van der Waals surface area contributed by atoms with Crippen molar-refractivity contribution in [3.8, 4) is 0 Å². The van der Waals surface area contributed by atoms with E-state index in [1.807, 2.05) is 30.3 Å². The molecular formula is C16H18O6. The zero-order valence-electron chi connectivity index (χ0n) is 12.2. The molecule has 1 aliphatic rings. The van der Waals surface area contributed by atoms with Crippen molar-refractivity contribution in [2.24, 2.45) is 5.92 Å². The molecule has 3 atom stereocenters. The summed E-state index contributed by atoms with van der Waals surface area (Å²) in [6.45, 7) is 1.33. The third-order valence-electron chi connectivity index (χ3n) is 3.56. The first-order valence-corrected chi connectivity index (χ1v) is 7.04. The van der Waals surface area contributed by atoms with E-state index < -0.39 is 35.7 Å². The van der Waals surface area contributed by atoms with Gasteiger partial charge in [-0.15, -0.1) is 0 Å². The molecule has 1 fully saturated rings. The van der Waals surface area contributed by atoms with Gasteiger partial charge >= 0.3 is 5.97 Å². The minimum absolute atomic E-state index is 0.110. The molecule has 6 heteroatoms. The number of hydrogen-bond donors (Lipinski definition) is 1. The highest BCUT2D eigenvalue weighted by atomic mass is 16.5. The molecule has 0 bridgehead atoms. The molecule has 0 aromatic heterocycles. The van der Waals surface area contributed by atoms with Gasteiger partial charge in [0.15, 0.2) is 0 Å². The first-order chi connectivity index (χ1) is 10.5. The third-order valence-corrected chi connectivity index (χ3v) is 3.56. The lowest BCUT2D eigenvalue weighted by Crippen LogP contribution is -2.49. The van der Waals surface area contributed by atoms with E-state index in [4.69, 9.17) is 9.47 Å². The second kappa shape index (κ2) is 7.29. The molecule has 1 aromatic carbocycles. The standard InChI is InChI=1S/C16H18O6/c1-10(17)21-9-12-7-13(15(19)16(20)14(12)18)22-8-11-5-3-2-4-6-11/h2-6,12-14,18H,7-9H2,1H3/t12?,13-,14?/m1/s1. The van der Waals surface area contributed by atoms with E-state index in [1.165, 1.54) is 6.92 Å². The van der Waals surface area contributed by atoms with Gasteiger partial charge in [0.1, 0.15) is 12.2 Å². The van der Waals surface area contributed by atoms with Gasteiger partial charge in [-0.2, -0.15) is 0 Å². The fourth-order valence-electron chi connectivity index (χ4n) is 2.33. The Bertz CT molecular complexity index is 553. The summed E-state index contributed by atoms with van der Waals surface area (Å²) in [5, 5.41) is 9.81. The molecule has 6 nitrogen and oxygen atoms in total. The zero-order chi connectivity index (χ0) is 16.1. The summed E-state index contributed by atoms with van der Waals surface area (Å²) in [6, 6.07) is 9.25. The summed E-state index contributed by atoms with van der Waals surface area (Å²) in [6.07, 6.45) is -2.22. The van der Waals surface area contributed by atoms with Crippen LogP contribution in [0.5, 0.6) is 0 Å². The van der Waals surface area contributed by atoms with Gasteiger partial charge in [0.25, 0.3) is 0 Å². The Kier molecular flexibility index (Phi) is 5.41. The van der Waals surface area contributed by atoms with Crippen LogP contribution in [0.2, 0.25) is 0 Å². The van der Waals surface area contributed by atoms with Gasteiger partial charge in [-0.1, -0.05) is 30.3 Å². The van der Waals surface area contributed by atoms with E-state index in [-0.39, 0.29) is 19.6 Å². The van der Waals surface area contributed by atoms with Crippen LogP contribution >= 0.6 is 0 Å². The maximum absolute atomic E-state index is 11.9. The summed E-state index contributed by atoms with van der Waals surface area (Å²) in [7, 11) is 0. The van der Waals surface area contributed by atoms with Gasteiger partial charge in [-0.3, -0.25) is 14.4 Å². The summed E-state index contributed by atoms with van der Waals surface area (Å²) >= 11 is 0. The molecule has 0 amide bonds. The Morgan fingerprint density at radius 1 is 1.23 bits per heavy atom. The largest absolute Gasteiger partial charge is 0.465 e. The Morgan fingerprint density at radius 2 is 1.91 bits per heavy atom. The number of benzene rings is 1. The fraction of sp³-hybridized carbons (Fsp3) is 0.438. The number of ether oxygens (including phenoxy) is 2. The molecule has 1 aliphatic carbocycles. The van der Waals surface area contributed by atoms with E-state index >= 15 is 0 Å². The van der Waals surface area contributed by atoms with E-state index in [0.717, 1.165) is 5.56 Å². The fourth-order valence-corrected chi connectivity index (χ4v) is 2.33. The van der Waals surface area contributed by atoms with Crippen LogP contribution in [0, 0.1) is 5.92 Å². The van der Waals surface area contributed by atoms with Crippen LogP contribution in [0.25, 0.3) is 0 Å². The van der Waals surface area contributed by atoms with Gasteiger partial charge < -0.3 is 14.6 Å². The first kappa shape index (κ1) is 16.3. The number of ketones is 2. The van der Waals surface area contributed by atoms with Gasteiger partial charge in [0, 0.05) is 12.8 Å².